The molecule has 2 N–H and O–H groups in total. The Hall–Kier alpha value is -2.87. The zero-order valence-corrected chi connectivity index (χ0v) is 13.9. The molecule has 8 heteroatoms. The van der Waals surface area contributed by atoms with Crippen LogP contribution in [0.1, 0.15) is 22.5 Å². The van der Waals surface area contributed by atoms with E-state index >= 15 is 0 Å². The number of nitrogens with one attached hydrogen (secondary N) is 2. The van der Waals surface area contributed by atoms with E-state index in [1.165, 1.54) is 0 Å². The predicted molar refractivity (Wildman–Crippen MR) is 90.7 cm³/mol. The summed E-state index contributed by atoms with van der Waals surface area (Å²) in [6, 6.07) is 9.12. The fourth-order valence-electron chi connectivity index (χ4n) is 2.30. The fourth-order valence-corrected chi connectivity index (χ4v) is 2.30. The topological polar surface area (TPSA) is 94.6 Å². The van der Waals surface area contributed by atoms with Crippen LogP contribution < -0.4 is 20.1 Å². The number of hydrogen-bond acceptors (Lipinski definition) is 7. The van der Waals surface area contributed by atoms with Crippen molar-refractivity contribution in [2.24, 2.45) is 0 Å². The molecule has 8 nitrogen and oxygen atoms in total. The van der Waals surface area contributed by atoms with Crippen molar-refractivity contribution in [2.45, 2.75) is 13.0 Å². The summed E-state index contributed by atoms with van der Waals surface area (Å²) in [6.07, 6.45) is 0.755. The molecule has 132 valence electrons. The fraction of sp³-hybridized carbons (Fsp3) is 0.353. The van der Waals surface area contributed by atoms with Crippen molar-refractivity contribution >= 4 is 11.7 Å². The average Bonchev–Trinajstić information content (AvgIpc) is 3.11. The number of ether oxygens (including phenoxy) is 3. The molecule has 3 rings (SSSR count). The van der Waals surface area contributed by atoms with Crippen LogP contribution in [0.5, 0.6) is 11.5 Å². The van der Waals surface area contributed by atoms with Crippen LogP contribution in [0.25, 0.3) is 0 Å². The van der Waals surface area contributed by atoms with E-state index in [1.54, 1.807) is 19.2 Å². The summed E-state index contributed by atoms with van der Waals surface area (Å²) in [7, 11) is 1.63. The minimum atomic E-state index is -0.245. The van der Waals surface area contributed by atoms with E-state index in [-0.39, 0.29) is 18.4 Å². The molecule has 0 radical (unpaired) electrons. The molecule has 1 amide bonds. The summed E-state index contributed by atoms with van der Waals surface area (Å²) in [4.78, 5) is 11.9. The predicted octanol–water partition coefficient (Wildman–Crippen LogP) is 1.58. The Morgan fingerprint density at radius 3 is 2.88 bits per heavy atom. The highest BCUT2D eigenvalue weighted by Crippen LogP contribution is 2.32. The zero-order valence-electron chi connectivity index (χ0n) is 13.9. The Kier molecular flexibility index (Phi) is 5.63. The molecule has 0 atom stereocenters. The Labute approximate surface area is 145 Å². The van der Waals surface area contributed by atoms with Gasteiger partial charge in [-0.15, -0.1) is 10.2 Å². The van der Waals surface area contributed by atoms with E-state index in [1.807, 2.05) is 18.2 Å². The maximum Gasteiger partial charge on any atom is 0.271 e. The van der Waals surface area contributed by atoms with Crippen LogP contribution in [0.4, 0.5) is 5.82 Å². The minimum Gasteiger partial charge on any atom is -0.454 e. The summed E-state index contributed by atoms with van der Waals surface area (Å²) in [5.74, 6) is 1.84. The molecule has 1 aromatic heterocycles. The normalized spacial score (nSPS) is 12.0. The van der Waals surface area contributed by atoms with Gasteiger partial charge >= 0.3 is 0 Å². The number of anilines is 1. The number of hydrogen-bond donors (Lipinski definition) is 2. The van der Waals surface area contributed by atoms with Gasteiger partial charge in [0.2, 0.25) is 6.79 Å². The Morgan fingerprint density at radius 2 is 2.08 bits per heavy atom. The lowest BCUT2D eigenvalue weighted by Crippen LogP contribution is -2.26. The van der Waals surface area contributed by atoms with Crippen LogP contribution in [-0.4, -0.2) is 43.2 Å². The molecule has 0 fully saturated rings. The molecule has 0 saturated carbocycles. The number of benzene rings is 1. The lowest BCUT2D eigenvalue weighted by atomic mass is 10.2. The van der Waals surface area contributed by atoms with E-state index in [4.69, 9.17) is 14.2 Å². The van der Waals surface area contributed by atoms with E-state index < -0.39 is 0 Å². The molecule has 1 aliphatic heterocycles. The van der Waals surface area contributed by atoms with E-state index in [0.29, 0.717) is 25.5 Å². The maximum absolute atomic E-state index is 11.9. The van der Waals surface area contributed by atoms with Crippen LogP contribution in [-0.2, 0) is 11.3 Å². The van der Waals surface area contributed by atoms with E-state index in [0.717, 1.165) is 23.5 Å². The van der Waals surface area contributed by atoms with Gasteiger partial charge in [-0.1, -0.05) is 6.07 Å². The number of fused-ring (bicyclic) bond motifs is 1. The van der Waals surface area contributed by atoms with Gasteiger partial charge in [-0.2, -0.15) is 0 Å². The van der Waals surface area contributed by atoms with Crippen LogP contribution in [0.2, 0.25) is 0 Å². The molecule has 1 aliphatic rings. The first-order chi connectivity index (χ1) is 12.3. The lowest BCUT2D eigenvalue weighted by Gasteiger charge is -2.07. The smallest absolute Gasteiger partial charge is 0.271 e. The van der Waals surface area contributed by atoms with Gasteiger partial charge in [0.25, 0.3) is 5.91 Å². The molecular formula is C17H20N4O4. The van der Waals surface area contributed by atoms with Gasteiger partial charge in [0.1, 0.15) is 5.82 Å². The minimum absolute atomic E-state index is 0.245. The van der Waals surface area contributed by atoms with Crippen molar-refractivity contribution in [3.63, 3.8) is 0 Å². The molecule has 25 heavy (non-hydrogen) atoms. The highest BCUT2D eigenvalue weighted by molar-refractivity contribution is 5.92. The van der Waals surface area contributed by atoms with E-state index in [2.05, 4.69) is 20.8 Å². The molecular weight excluding hydrogens is 324 g/mol. The van der Waals surface area contributed by atoms with Crippen molar-refractivity contribution in [1.82, 2.24) is 15.5 Å². The summed E-state index contributed by atoms with van der Waals surface area (Å²) in [5.41, 5.74) is 1.32. The van der Waals surface area contributed by atoms with Gasteiger partial charge in [-0.25, -0.2) is 0 Å². The molecule has 2 heterocycles. The van der Waals surface area contributed by atoms with Crippen LogP contribution in [0.3, 0.4) is 0 Å². The summed E-state index contributed by atoms with van der Waals surface area (Å²) < 4.78 is 15.6. The highest BCUT2D eigenvalue weighted by Gasteiger charge is 2.13. The average molecular weight is 344 g/mol. The number of nitrogens with zero attached hydrogens (tertiary/aromatic N) is 2. The lowest BCUT2D eigenvalue weighted by molar-refractivity contribution is 0.0942. The van der Waals surface area contributed by atoms with Gasteiger partial charge in [0.15, 0.2) is 17.2 Å². The van der Waals surface area contributed by atoms with Crippen molar-refractivity contribution < 1.29 is 19.0 Å². The molecule has 0 spiro atoms. The molecule has 0 saturated heterocycles. The molecule has 0 aliphatic carbocycles. The summed E-state index contributed by atoms with van der Waals surface area (Å²) >= 11 is 0. The molecule has 0 unspecified atom stereocenters. The zero-order chi connectivity index (χ0) is 17.5. The second-order valence-corrected chi connectivity index (χ2v) is 5.45. The number of amides is 1. The van der Waals surface area contributed by atoms with Crippen molar-refractivity contribution in [3.05, 3.63) is 41.6 Å². The summed E-state index contributed by atoms with van der Waals surface area (Å²) in [6.45, 7) is 1.97. The number of aromatic nitrogens is 2. The van der Waals surface area contributed by atoms with Crippen molar-refractivity contribution in [2.75, 3.05) is 32.4 Å². The first-order valence-corrected chi connectivity index (χ1v) is 7.99. The van der Waals surface area contributed by atoms with Crippen molar-refractivity contribution in [1.29, 1.82) is 0 Å². The van der Waals surface area contributed by atoms with Gasteiger partial charge in [-0.3, -0.25) is 4.79 Å². The van der Waals surface area contributed by atoms with Gasteiger partial charge in [0.05, 0.1) is 0 Å². The molecule has 1 aromatic carbocycles. The number of carbonyl (C=O) groups is 1. The highest BCUT2D eigenvalue weighted by atomic mass is 16.7. The third-order valence-electron chi connectivity index (χ3n) is 3.62. The second-order valence-electron chi connectivity index (χ2n) is 5.45. The first-order valence-electron chi connectivity index (χ1n) is 7.99. The number of carbonyl (C=O) groups excluding carboxylic acids is 1. The largest absolute Gasteiger partial charge is 0.454 e. The van der Waals surface area contributed by atoms with Gasteiger partial charge in [0, 0.05) is 26.8 Å². The first kappa shape index (κ1) is 17.0. The Bertz CT molecular complexity index is 721. The Morgan fingerprint density at radius 1 is 1.20 bits per heavy atom. The van der Waals surface area contributed by atoms with Gasteiger partial charge < -0.3 is 24.8 Å². The second kappa shape index (κ2) is 8.29. The van der Waals surface area contributed by atoms with Crippen LogP contribution in [0.15, 0.2) is 30.3 Å². The van der Waals surface area contributed by atoms with Crippen LogP contribution >= 0.6 is 0 Å². The van der Waals surface area contributed by atoms with Crippen molar-refractivity contribution in [3.8, 4) is 11.5 Å². The third kappa shape index (κ3) is 4.57. The molecule has 2 aromatic rings. The van der Waals surface area contributed by atoms with Gasteiger partial charge in [-0.05, 0) is 36.2 Å². The van der Waals surface area contributed by atoms with E-state index in [9.17, 15) is 4.79 Å². The monoisotopic (exact) mass is 344 g/mol. The standard InChI is InChI=1S/C17H20N4O4/c1-23-8-2-7-18-17(22)13-4-6-16(21-20-13)19-10-12-3-5-14-15(9-12)25-11-24-14/h3-6,9H,2,7-8,10-11H2,1H3,(H,18,22)(H,19,21). The summed E-state index contributed by atoms with van der Waals surface area (Å²) in [5, 5.41) is 13.9. The maximum atomic E-state index is 11.9. The third-order valence-corrected chi connectivity index (χ3v) is 3.62. The number of methoxy groups -OCH3 is 1. The number of rotatable bonds is 8. The SMILES string of the molecule is COCCCNC(=O)c1ccc(NCc2ccc3c(c2)OCO3)nn1. The molecule has 0 bridgehead atoms. The Balaban J connectivity index is 1.50. The van der Waals surface area contributed by atoms with Crippen LogP contribution in [0, 0.1) is 0 Å². The quantitative estimate of drug-likeness (QED) is 0.702.